The molecule has 0 spiro atoms. The van der Waals surface area contributed by atoms with E-state index in [4.69, 9.17) is 16.3 Å². The Hall–Kier alpha value is -1.06. The SMILES string of the molecule is CCOCCn1c(CCl)nc2c(C)cccc21. The van der Waals surface area contributed by atoms with Crippen LogP contribution in [-0.4, -0.2) is 22.8 Å². The lowest BCUT2D eigenvalue weighted by Crippen LogP contribution is -2.08. The third-order valence-corrected chi connectivity index (χ3v) is 3.08. The third kappa shape index (κ3) is 2.45. The second-order valence-corrected chi connectivity index (χ2v) is 4.22. The highest BCUT2D eigenvalue weighted by Crippen LogP contribution is 2.20. The molecule has 1 aromatic heterocycles. The minimum Gasteiger partial charge on any atom is -0.380 e. The molecule has 1 heterocycles. The average molecular weight is 253 g/mol. The van der Waals surface area contributed by atoms with Gasteiger partial charge < -0.3 is 9.30 Å². The summed E-state index contributed by atoms with van der Waals surface area (Å²) < 4.78 is 7.54. The lowest BCUT2D eigenvalue weighted by atomic mass is 10.2. The van der Waals surface area contributed by atoms with Crippen LogP contribution in [0.1, 0.15) is 18.3 Å². The van der Waals surface area contributed by atoms with Gasteiger partial charge in [0.15, 0.2) is 0 Å². The van der Waals surface area contributed by atoms with E-state index in [1.54, 1.807) is 0 Å². The van der Waals surface area contributed by atoms with Crippen molar-refractivity contribution in [3.05, 3.63) is 29.6 Å². The number of alkyl halides is 1. The molecule has 0 aliphatic carbocycles. The van der Waals surface area contributed by atoms with E-state index in [2.05, 4.69) is 34.7 Å². The summed E-state index contributed by atoms with van der Waals surface area (Å²) in [6.45, 7) is 6.30. The maximum Gasteiger partial charge on any atom is 0.124 e. The van der Waals surface area contributed by atoms with Crippen LogP contribution in [0.15, 0.2) is 18.2 Å². The van der Waals surface area contributed by atoms with Crippen molar-refractivity contribution in [3.63, 3.8) is 0 Å². The highest BCUT2D eigenvalue weighted by atomic mass is 35.5. The molecule has 1 aromatic carbocycles. The molecule has 0 bridgehead atoms. The number of aromatic nitrogens is 2. The van der Waals surface area contributed by atoms with Gasteiger partial charge in [0.1, 0.15) is 5.82 Å². The van der Waals surface area contributed by atoms with E-state index in [0.717, 1.165) is 30.0 Å². The van der Waals surface area contributed by atoms with Crippen molar-refractivity contribution in [1.82, 2.24) is 9.55 Å². The van der Waals surface area contributed by atoms with Gasteiger partial charge in [-0.1, -0.05) is 12.1 Å². The summed E-state index contributed by atoms with van der Waals surface area (Å²) in [5.41, 5.74) is 3.36. The minimum absolute atomic E-state index is 0.431. The Morgan fingerprint density at radius 1 is 1.41 bits per heavy atom. The fourth-order valence-electron chi connectivity index (χ4n) is 1.99. The van der Waals surface area contributed by atoms with E-state index in [-0.39, 0.29) is 0 Å². The first kappa shape index (κ1) is 12.4. The highest BCUT2D eigenvalue weighted by molar-refractivity contribution is 6.16. The maximum absolute atomic E-state index is 5.94. The van der Waals surface area contributed by atoms with E-state index in [1.807, 2.05) is 6.92 Å². The lowest BCUT2D eigenvalue weighted by Gasteiger charge is -2.07. The third-order valence-electron chi connectivity index (χ3n) is 2.84. The molecule has 0 aliphatic heterocycles. The first-order chi connectivity index (χ1) is 8.27. The maximum atomic E-state index is 5.94. The molecule has 0 aliphatic rings. The lowest BCUT2D eigenvalue weighted by molar-refractivity contribution is 0.139. The normalized spacial score (nSPS) is 11.2. The summed E-state index contributed by atoms with van der Waals surface area (Å²) in [7, 11) is 0. The predicted octanol–water partition coefficient (Wildman–Crippen LogP) is 3.12. The molecule has 0 atom stereocenters. The van der Waals surface area contributed by atoms with Crippen molar-refractivity contribution in [2.24, 2.45) is 0 Å². The molecular weight excluding hydrogens is 236 g/mol. The number of fused-ring (bicyclic) bond motifs is 1. The van der Waals surface area contributed by atoms with Crippen molar-refractivity contribution in [1.29, 1.82) is 0 Å². The summed E-state index contributed by atoms with van der Waals surface area (Å²) >= 11 is 5.94. The van der Waals surface area contributed by atoms with Crippen molar-refractivity contribution in [2.45, 2.75) is 26.3 Å². The predicted molar refractivity (Wildman–Crippen MR) is 70.5 cm³/mol. The van der Waals surface area contributed by atoms with E-state index in [0.29, 0.717) is 12.5 Å². The zero-order valence-corrected chi connectivity index (χ0v) is 11.0. The zero-order valence-electron chi connectivity index (χ0n) is 10.2. The van der Waals surface area contributed by atoms with Crippen LogP contribution >= 0.6 is 11.6 Å². The summed E-state index contributed by atoms with van der Waals surface area (Å²) in [5.74, 6) is 1.34. The molecule has 2 aromatic rings. The molecule has 0 amide bonds. The van der Waals surface area contributed by atoms with Gasteiger partial charge in [0.05, 0.1) is 23.5 Å². The van der Waals surface area contributed by atoms with Crippen LogP contribution in [0.2, 0.25) is 0 Å². The Morgan fingerprint density at radius 2 is 2.24 bits per heavy atom. The Morgan fingerprint density at radius 3 is 2.94 bits per heavy atom. The topological polar surface area (TPSA) is 27.1 Å². The Kier molecular flexibility index (Phi) is 4.02. The molecule has 0 saturated heterocycles. The molecule has 92 valence electrons. The first-order valence-electron chi connectivity index (χ1n) is 5.86. The fraction of sp³-hybridized carbons (Fsp3) is 0.462. The molecule has 17 heavy (non-hydrogen) atoms. The summed E-state index contributed by atoms with van der Waals surface area (Å²) in [4.78, 5) is 4.58. The Labute approximate surface area is 106 Å². The van der Waals surface area contributed by atoms with Crippen molar-refractivity contribution in [2.75, 3.05) is 13.2 Å². The van der Waals surface area contributed by atoms with Crippen LogP contribution in [-0.2, 0) is 17.2 Å². The number of benzene rings is 1. The molecule has 3 nitrogen and oxygen atoms in total. The number of ether oxygens (including phenoxy) is 1. The molecule has 0 N–H and O–H groups in total. The molecule has 0 radical (unpaired) electrons. The number of para-hydroxylation sites is 1. The van der Waals surface area contributed by atoms with Crippen LogP contribution in [0.4, 0.5) is 0 Å². The van der Waals surface area contributed by atoms with Crippen molar-refractivity contribution < 1.29 is 4.74 Å². The van der Waals surface area contributed by atoms with E-state index >= 15 is 0 Å². The van der Waals surface area contributed by atoms with Crippen LogP contribution in [0.5, 0.6) is 0 Å². The Balaban J connectivity index is 2.40. The molecular formula is C13H17ClN2O. The highest BCUT2D eigenvalue weighted by Gasteiger charge is 2.10. The van der Waals surface area contributed by atoms with Gasteiger partial charge in [-0.3, -0.25) is 0 Å². The van der Waals surface area contributed by atoms with E-state index < -0.39 is 0 Å². The van der Waals surface area contributed by atoms with Crippen LogP contribution in [0.25, 0.3) is 11.0 Å². The van der Waals surface area contributed by atoms with Crippen molar-refractivity contribution in [3.8, 4) is 0 Å². The quantitative estimate of drug-likeness (QED) is 0.604. The Bertz CT molecular complexity index is 507. The number of rotatable bonds is 5. The molecule has 0 saturated carbocycles. The second kappa shape index (κ2) is 5.52. The number of nitrogens with zero attached hydrogens (tertiary/aromatic N) is 2. The van der Waals surface area contributed by atoms with Crippen LogP contribution in [0.3, 0.4) is 0 Å². The second-order valence-electron chi connectivity index (χ2n) is 3.95. The van der Waals surface area contributed by atoms with Gasteiger partial charge in [-0.25, -0.2) is 4.98 Å². The number of halogens is 1. The number of hydrogen-bond acceptors (Lipinski definition) is 2. The smallest absolute Gasteiger partial charge is 0.124 e. The van der Waals surface area contributed by atoms with Crippen LogP contribution < -0.4 is 0 Å². The monoisotopic (exact) mass is 252 g/mol. The van der Waals surface area contributed by atoms with Crippen LogP contribution in [0, 0.1) is 6.92 Å². The van der Waals surface area contributed by atoms with Gasteiger partial charge in [-0.15, -0.1) is 11.6 Å². The largest absolute Gasteiger partial charge is 0.380 e. The summed E-state index contributed by atoms with van der Waals surface area (Å²) in [5, 5.41) is 0. The number of hydrogen-bond donors (Lipinski definition) is 0. The van der Waals surface area contributed by atoms with Gasteiger partial charge in [0, 0.05) is 13.2 Å². The van der Waals surface area contributed by atoms with E-state index in [1.165, 1.54) is 5.56 Å². The molecule has 4 heteroatoms. The standard InChI is InChI=1S/C13H17ClN2O/c1-3-17-8-7-16-11-6-4-5-10(2)13(11)15-12(16)9-14/h4-6H,3,7-9H2,1-2H3. The zero-order chi connectivity index (χ0) is 12.3. The number of aryl methyl sites for hydroxylation is 1. The van der Waals surface area contributed by atoms with Gasteiger partial charge in [0.25, 0.3) is 0 Å². The van der Waals surface area contributed by atoms with Gasteiger partial charge in [0.2, 0.25) is 0 Å². The minimum atomic E-state index is 0.431. The van der Waals surface area contributed by atoms with Gasteiger partial charge in [-0.05, 0) is 25.5 Å². The van der Waals surface area contributed by atoms with Gasteiger partial charge >= 0.3 is 0 Å². The first-order valence-corrected chi connectivity index (χ1v) is 6.39. The molecule has 2 rings (SSSR count). The summed E-state index contributed by atoms with van der Waals surface area (Å²) in [6.07, 6.45) is 0. The molecule has 0 unspecified atom stereocenters. The molecule has 0 fully saturated rings. The average Bonchev–Trinajstić information content (AvgIpc) is 2.70. The fourth-order valence-corrected chi connectivity index (χ4v) is 2.19. The van der Waals surface area contributed by atoms with Crippen molar-refractivity contribution >= 4 is 22.6 Å². The van der Waals surface area contributed by atoms with Gasteiger partial charge in [-0.2, -0.15) is 0 Å². The van der Waals surface area contributed by atoms with E-state index in [9.17, 15) is 0 Å². The summed E-state index contributed by atoms with van der Waals surface area (Å²) in [6, 6.07) is 6.20. The number of imidazole rings is 1.